The van der Waals surface area contributed by atoms with Gasteiger partial charge in [-0.25, -0.2) is 0 Å². The molecule has 3 rings (SSSR count). The predicted octanol–water partition coefficient (Wildman–Crippen LogP) is 10.7. The number of rotatable bonds is 9. The molecule has 1 fully saturated rings. The molecule has 0 N–H and O–H groups in total. The Morgan fingerprint density at radius 2 is 1.54 bits per heavy atom. The molecule has 1 nitrogen and oxygen atoms in total. The van der Waals surface area contributed by atoms with Crippen molar-refractivity contribution in [3.05, 3.63) is 73.7 Å². The third-order valence-corrected chi connectivity index (χ3v) is 8.56. The van der Waals surface area contributed by atoms with Gasteiger partial charge in [0.2, 0.25) is 0 Å². The molecule has 1 aliphatic carbocycles. The molecule has 0 amide bonds. The fourth-order valence-electron chi connectivity index (χ4n) is 3.88. The average Bonchev–Trinajstić information content (AvgIpc) is 3.54. The third-order valence-electron chi connectivity index (χ3n) is 6.02. The van der Waals surface area contributed by atoms with Crippen molar-refractivity contribution in [2.45, 2.75) is 43.7 Å². The van der Waals surface area contributed by atoms with Crippen LogP contribution in [0.2, 0.25) is 15.1 Å². The number of ketones is 1. The number of benzene rings is 2. The maximum absolute atomic E-state index is 13.8. The summed E-state index contributed by atoms with van der Waals surface area (Å²) in [4.78, 5) is 12.8. The fourth-order valence-corrected chi connectivity index (χ4v) is 5.65. The number of carbonyl (C=O) groups is 1. The number of allylic oxidation sites excluding steroid dienone is 1. The van der Waals surface area contributed by atoms with E-state index in [2.05, 4.69) is 0 Å². The highest BCUT2D eigenvalue weighted by Gasteiger charge is 2.46. The smallest absolute Gasteiger partial charge is 0.294 e. The minimum absolute atomic E-state index is 0.0298. The molecule has 0 aliphatic heterocycles. The molecule has 1 aliphatic rings. The minimum Gasteiger partial charge on any atom is -0.294 e. The van der Waals surface area contributed by atoms with Gasteiger partial charge < -0.3 is 0 Å². The van der Waals surface area contributed by atoms with E-state index in [1.54, 1.807) is 0 Å². The Hall–Kier alpha value is -1.56. The standard InChI is InChI=1S/C25H18Cl3F9OS/c26-18-8-14(9-19(27)21(18)28)16(24(32,33)34)4-2-13-1-3-15(17(7-13)25(35,36)37)20(38)10-22(5-6-22)11-39-12-23(29,30)31/h1-4,7-9,16H,5-6,10-12H2/b4-2+. The van der Waals surface area contributed by atoms with Gasteiger partial charge in [0.05, 0.1) is 32.3 Å². The van der Waals surface area contributed by atoms with Crippen molar-refractivity contribution < 1.29 is 44.3 Å². The van der Waals surface area contributed by atoms with Crippen molar-refractivity contribution in [1.29, 1.82) is 0 Å². The molecule has 0 bridgehead atoms. The average molecular weight is 644 g/mol. The van der Waals surface area contributed by atoms with Crippen LogP contribution in [-0.2, 0) is 6.18 Å². The molecule has 39 heavy (non-hydrogen) atoms. The number of carbonyl (C=O) groups excluding carboxylic acids is 1. The van der Waals surface area contributed by atoms with Gasteiger partial charge in [-0.05, 0) is 53.3 Å². The van der Waals surface area contributed by atoms with Crippen LogP contribution in [0.3, 0.4) is 0 Å². The van der Waals surface area contributed by atoms with Crippen LogP contribution in [0.15, 0.2) is 36.4 Å². The number of alkyl halides is 9. The number of thioether (sulfide) groups is 1. The number of halogens is 12. The summed E-state index contributed by atoms with van der Waals surface area (Å²) in [6.45, 7) is 0. The van der Waals surface area contributed by atoms with Crippen LogP contribution >= 0.6 is 46.6 Å². The topological polar surface area (TPSA) is 17.1 Å². The molecule has 0 aromatic heterocycles. The Morgan fingerprint density at radius 3 is 2.03 bits per heavy atom. The largest absolute Gasteiger partial charge is 0.417 e. The van der Waals surface area contributed by atoms with Gasteiger partial charge in [0, 0.05) is 12.0 Å². The van der Waals surface area contributed by atoms with Crippen molar-refractivity contribution in [2.24, 2.45) is 5.41 Å². The monoisotopic (exact) mass is 642 g/mol. The molecule has 1 unspecified atom stereocenters. The Kier molecular flexibility index (Phi) is 9.62. The summed E-state index contributed by atoms with van der Waals surface area (Å²) in [5.41, 5.74) is -3.51. The lowest BCUT2D eigenvalue weighted by Gasteiger charge is -2.19. The number of hydrogen-bond donors (Lipinski definition) is 0. The molecule has 1 saturated carbocycles. The Bertz CT molecular complexity index is 1230. The highest BCUT2D eigenvalue weighted by atomic mass is 35.5. The van der Waals surface area contributed by atoms with Gasteiger partial charge in [-0.1, -0.05) is 59.1 Å². The normalized spacial score (nSPS) is 16.5. The Balaban J connectivity index is 1.87. The molecule has 1 atom stereocenters. The van der Waals surface area contributed by atoms with Gasteiger partial charge in [-0.15, -0.1) is 0 Å². The van der Waals surface area contributed by atoms with Crippen molar-refractivity contribution in [3.8, 4) is 0 Å². The first-order chi connectivity index (χ1) is 17.8. The summed E-state index contributed by atoms with van der Waals surface area (Å²) in [5.74, 6) is -4.35. The lowest BCUT2D eigenvalue weighted by molar-refractivity contribution is -0.139. The maximum atomic E-state index is 13.8. The van der Waals surface area contributed by atoms with Gasteiger partial charge >= 0.3 is 18.5 Å². The number of hydrogen-bond acceptors (Lipinski definition) is 2. The SMILES string of the molecule is O=C(CC1(CSCC(F)(F)F)CC1)c1ccc(/C=C/C(c2cc(Cl)c(Cl)c(Cl)c2)C(F)(F)F)cc1C(F)(F)F. The van der Waals surface area contributed by atoms with Crippen molar-refractivity contribution in [2.75, 3.05) is 11.5 Å². The van der Waals surface area contributed by atoms with Crippen molar-refractivity contribution >= 4 is 58.4 Å². The molecule has 14 heteroatoms. The van der Waals surface area contributed by atoms with Crippen LogP contribution in [-0.4, -0.2) is 29.6 Å². The summed E-state index contributed by atoms with van der Waals surface area (Å²) in [6.07, 6.45) is -12.4. The highest BCUT2D eigenvalue weighted by Crippen LogP contribution is 2.52. The summed E-state index contributed by atoms with van der Waals surface area (Å²) in [5, 5.41) is -0.641. The van der Waals surface area contributed by atoms with E-state index in [0.29, 0.717) is 36.7 Å². The van der Waals surface area contributed by atoms with E-state index >= 15 is 0 Å². The van der Waals surface area contributed by atoms with Gasteiger partial charge in [-0.3, -0.25) is 4.79 Å². The molecule has 0 radical (unpaired) electrons. The van der Waals surface area contributed by atoms with Crippen LogP contribution in [0.4, 0.5) is 39.5 Å². The summed E-state index contributed by atoms with van der Waals surface area (Å²) in [6, 6.07) is 4.37. The molecule has 214 valence electrons. The molecule has 0 saturated heterocycles. The zero-order chi connectivity index (χ0) is 29.4. The van der Waals surface area contributed by atoms with E-state index in [0.717, 1.165) is 30.3 Å². The predicted molar refractivity (Wildman–Crippen MR) is 135 cm³/mol. The Morgan fingerprint density at radius 1 is 0.949 bits per heavy atom. The van der Waals surface area contributed by atoms with E-state index in [1.807, 2.05) is 0 Å². The molecule has 2 aromatic carbocycles. The lowest BCUT2D eigenvalue weighted by Crippen LogP contribution is -2.19. The van der Waals surface area contributed by atoms with Crippen LogP contribution in [0.5, 0.6) is 0 Å². The highest BCUT2D eigenvalue weighted by molar-refractivity contribution is 7.99. The fraction of sp³-hybridized carbons (Fsp3) is 0.400. The quantitative estimate of drug-likeness (QED) is 0.154. The number of Topliss-reactive ketones (excluding diaryl/α,β-unsaturated/α-hetero) is 1. The van der Waals surface area contributed by atoms with Gasteiger partial charge in [-0.2, -0.15) is 51.3 Å². The zero-order valence-electron chi connectivity index (χ0n) is 19.5. The van der Waals surface area contributed by atoms with Crippen molar-refractivity contribution in [1.82, 2.24) is 0 Å². The minimum atomic E-state index is -5.02. The third kappa shape index (κ3) is 8.71. The van der Waals surface area contributed by atoms with Gasteiger partial charge in [0.25, 0.3) is 0 Å². The molecule has 0 heterocycles. The van der Waals surface area contributed by atoms with E-state index in [-0.39, 0.29) is 38.4 Å². The molecule has 0 spiro atoms. The molecular weight excluding hydrogens is 626 g/mol. The van der Waals surface area contributed by atoms with E-state index in [9.17, 15) is 44.3 Å². The second-order valence-electron chi connectivity index (χ2n) is 9.19. The van der Waals surface area contributed by atoms with E-state index < -0.39 is 52.5 Å². The van der Waals surface area contributed by atoms with E-state index in [1.165, 1.54) is 0 Å². The summed E-state index contributed by atoms with van der Waals surface area (Å²) in [7, 11) is 0. The van der Waals surface area contributed by atoms with Gasteiger partial charge in [0.1, 0.15) is 0 Å². The molecular formula is C25H18Cl3F9OS. The Labute approximate surface area is 236 Å². The van der Waals surface area contributed by atoms with E-state index in [4.69, 9.17) is 34.8 Å². The van der Waals surface area contributed by atoms with Crippen LogP contribution in [0, 0.1) is 5.41 Å². The first-order valence-corrected chi connectivity index (χ1v) is 13.4. The van der Waals surface area contributed by atoms with Crippen LogP contribution in [0.1, 0.15) is 52.2 Å². The first kappa shape index (κ1) is 32.0. The second-order valence-corrected chi connectivity index (χ2v) is 11.4. The van der Waals surface area contributed by atoms with Gasteiger partial charge in [0.15, 0.2) is 5.78 Å². The maximum Gasteiger partial charge on any atom is 0.417 e. The molecule has 2 aromatic rings. The van der Waals surface area contributed by atoms with Crippen LogP contribution in [0.25, 0.3) is 6.08 Å². The lowest BCUT2D eigenvalue weighted by atomic mass is 9.92. The van der Waals surface area contributed by atoms with Crippen molar-refractivity contribution in [3.63, 3.8) is 0 Å². The zero-order valence-corrected chi connectivity index (χ0v) is 22.6. The summed E-state index contributed by atoms with van der Waals surface area (Å²) < 4.78 is 120. The van der Waals surface area contributed by atoms with Crippen LogP contribution < -0.4 is 0 Å². The second kappa shape index (κ2) is 11.7. The summed E-state index contributed by atoms with van der Waals surface area (Å²) >= 11 is 18.0. The first-order valence-electron chi connectivity index (χ1n) is 11.1.